The highest BCUT2D eigenvalue weighted by Crippen LogP contribution is 2.27. The van der Waals surface area contributed by atoms with Crippen LogP contribution in [0.5, 0.6) is 11.5 Å². The number of benzene rings is 1. The van der Waals surface area contributed by atoms with Crippen molar-refractivity contribution in [1.82, 2.24) is 0 Å². The third kappa shape index (κ3) is 19.7. The van der Waals surface area contributed by atoms with Crippen LogP contribution in [0.25, 0.3) is 20.9 Å². The van der Waals surface area contributed by atoms with E-state index >= 15 is 0 Å². The minimum atomic E-state index is 0.634. The van der Waals surface area contributed by atoms with Crippen molar-refractivity contribution in [3.8, 4) is 11.5 Å². The zero-order valence-corrected chi connectivity index (χ0v) is 22.4. The Bertz CT molecular complexity index is 672. The van der Waals surface area contributed by atoms with Crippen LogP contribution in [0, 0.1) is 0 Å². The van der Waals surface area contributed by atoms with Crippen molar-refractivity contribution in [2.75, 3.05) is 26.3 Å². The monoisotopic (exact) mass is 500 g/mol. The Morgan fingerprint density at radius 2 is 0.778 bits per heavy atom. The second-order valence-corrected chi connectivity index (χ2v) is 9.42. The van der Waals surface area contributed by atoms with E-state index < -0.39 is 0 Å². The van der Waals surface area contributed by atoms with Gasteiger partial charge in [0.2, 0.25) is 0 Å². The van der Waals surface area contributed by atoms with Gasteiger partial charge in [-0.05, 0) is 48.9 Å². The van der Waals surface area contributed by atoms with Gasteiger partial charge in [-0.2, -0.15) is 0 Å². The standard InChI is InChI=1S/C28H48N6O2/c29-33-31-23-17-11-7-3-1-5-9-13-19-25-35-27-21-15-16-22-28(27)36-26-20-14-10-6-2-4-8-12-18-24-32-34-30/h15-16,21-22H,1-14,17-20,23-26H2. The molecular formula is C28H48N6O2. The maximum atomic E-state index is 8.25. The van der Waals surface area contributed by atoms with E-state index in [4.69, 9.17) is 20.5 Å². The number of ether oxygens (including phenoxy) is 2. The SMILES string of the molecule is [N-]=[N+]=NCCCCCCCCCCCOc1ccccc1OCCCCCCCCCCCN=[N+]=[N-]. The van der Waals surface area contributed by atoms with Crippen LogP contribution >= 0.6 is 0 Å². The molecule has 0 saturated carbocycles. The Balaban J connectivity index is 1.96. The molecule has 0 unspecified atom stereocenters. The third-order valence-electron chi connectivity index (χ3n) is 6.30. The molecule has 202 valence electrons. The van der Waals surface area contributed by atoms with Crippen LogP contribution in [0.2, 0.25) is 0 Å². The molecule has 0 heterocycles. The van der Waals surface area contributed by atoms with Gasteiger partial charge < -0.3 is 9.47 Å². The topological polar surface area (TPSA) is 116 Å². The number of hydrogen-bond donors (Lipinski definition) is 0. The van der Waals surface area contributed by atoms with Crippen LogP contribution in [0.4, 0.5) is 0 Å². The van der Waals surface area contributed by atoms with Crippen LogP contribution in [0.3, 0.4) is 0 Å². The van der Waals surface area contributed by atoms with E-state index in [-0.39, 0.29) is 0 Å². The van der Waals surface area contributed by atoms with Crippen molar-refractivity contribution in [2.24, 2.45) is 10.2 Å². The van der Waals surface area contributed by atoms with Crippen molar-refractivity contribution in [1.29, 1.82) is 0 Å². The van der Waals surface area contributed by atoms with Gasteiger partial charge in [-0.3, -0.25) is 0 Å². The van der Waals surface area contributed by atoms with Crippen LogP contribution in [0.1, 0.15) is 116 Å². The molecule has 0 saturated heterocycles. The largest absolute Gasteiger partial charge is 0.490 e. The lowest BCUT2D eigenvalue weighted by Gasteiger charge is -2.12. The summed E-state index contributed by atoms with van der Waals surface area (Å²) >= 11 is 0. The fourth-order valence-electron chi connectivity index (χ4n) is 4.19. The van der Waals surface area contributed by atoms with E-state index in [1.54, 1.807) is 0 Å². The van der Waals surface area contributed by atoms with Crippen molar-refractivity contribution < 1.29 is 9.47 Å². The molecule has 0 atom stereocenters. The Kier molecular flexibility index (Phi) is 22.3. The molecule has 1 aromatic carbocycles. The third-order valence-corrected chi connectivity index (χ3v) is 6.30. The minimum Gasteiger partial charge on any atom is -0.490 e. The average Bonchev–Trinajstić information content (AvgIpc) is 2.90. The highest BCUT2D eigenvalue weighted by molar-refractivity contribution is 5.39. The van der Waals surface area contributed by atoms with Gasteiger partial charge in [0.05, 0.1) is 13.2 Å². The molecule has 0 bridgehead atoms. The lowest BCUT2D eigenvalue weighted by Crippen LogP contribution is -2.02. The van der Waals surface area contributed by atoms with Gasteiger partial charge in [-0.25, -0.2) is 0 Å². The first kappa shape index (κ1) is 31.5. The lowest BCUT2D eigenvalue weighted by molar-refractivity contribution is 0.258. The summed E-state index contributed by atoms with van der Waals surface area (Å²) in [7, 11) is 0. The van der Waals surface area contributed by atoms with Crippen LogP contribution in [-0.4, -0.2) is 26.3 Å². The summed E-state index contributed by atoms with van der Waals surface area (Å²) in [4.78, 5) is 5.56. The molecule has 0 aliphatic heterocycles. The smallest absolute Gasteiger partial charge is 0.161 e. The fourth-order valence-corrected chi connectivity index (χ4v) is 4.19. The first-order chi connectivity index (χ1) is 17.9. The van der Waals surface area contributed by atoms with Crippen molar-refractivity contribution in [3.63, 3.8) is 0 Å². The molecule has 0 radical (unpaired) electrons. The zero-order chi connectivity index (χ0) is 25.8. The number of azide groups is 2. The van der Waals surface area contributed by atoms with Gasteiger partial charge in [0.15, 0.2) is 11.5 Å². The normalized spacial score (nSPS) is 10.4. The number of hydrogen-bond acceptors (Lipinski definition) is 4. The molecule has 0 aliphatic carbocycles. The van der Waals surface area contributed by atoms with Gasteiger partial charge in [0, 0.05) is 22.9 Å². The van der Waals surface area contributed by atoms with Crippen molar-refractivity contribution in [3.05, 3.63) is 45.2 Å². The summed E-state index contributed by atoms with van der Waals surface area (Å²) in [6.45, 7) is 2.75. The molecule has 1 aromatic rings. The Morgan fingerprint density at radius 3 is 1.11 bits per heavy atom. The zero-order valence-electron chi connectivity index (χ0n) is 22.4. The van der Waals surface area contributed by atoms with Gasteiger partial charge in [-0.15, -0.1) is 0 Å². The molecular weight excluding hydrogens is 452 g/mol. The van der Waals surface area contributed by atoms with Gasteiger partial charge in [-0.1, -0.05) is 112 Å². The highest BCUT2D eigenvalue weighted by atomic mass is 16.5. The molecule has 0 amide bonds. The maximum absolute atomic E-state index is 8.25. The minimum absolute atomic E-state index is 0.634. The summed E-state index contributed by atoms with van der Waals surface area (Å²) in [6.07, 6.45) is 21.6. The summed E-state index contributed by atoms with van der Waals surface area (Å²) in [6, 6.07) is 8.02. The molecule has 0 fully saturated rings. The van der Waals surface area contributed by atoms with Gasteiger partial charge >= 0.3 is 0 Å². The summed E-state index contributed by atoms with van der Waals surface area (Å²) in [5, 5.41) is 7.14. The first-order valence-electron chi connectivity index (χ1n) is 14.2. The first-order valence-corrected chi connectivity index (χ1v) is 14.2. The predicted octanol–water partition coefficient (Wildman–Crippen LogP) is 10.1. The Labute approximate surface area is 218 Å². The summed E-state index contributed by atoms with van der Waals surface area (Å²) < 4.78 is 12.0. The van der Waals surface area contributed by atoms with E-state index in [0.717, 1.165) is 63.2 Å². The molecule has 36 heavy (non-hydrogen) atoms. The summed E-state index contributed by atoms with van der Waals surface area (Å²) in [5.74, 6) is 1.72. The van der Waals surface area contributed by atoms with E-state index in [1.807, 2.05) is 24.3 Å². The van der Waals surface area contributed by atoms with Crippen molar-refractivity contribution >= 4 is 0 Å². The maximum Gasteiger partial charge on any atom is 0.161 e. The van der Waals surface area contributed by atoms with Crippen LogP contribution in [-0.2, 0) is 0 Å². The van der Waals surface area contributed by atoms with Gasteiger partial charge in [0.25, 0.3) is 0 Å². The average molecular weight is 501 g/mol. The van der Waals surface area contributed by atoms with Gasteiger partial charge in [0.1, 0.15) is 0 Å². The highest BCUT2D eigenvalue weighted by Gasteiger charge is 2.04. The second-order valence-electron chi connectivity index (χ2n) is 9.42. The quantitative estimate of drug-likeness (QED) is 0.0544. The molecule has 0 spiro atoms. The van der Waals surface area contributed by atoms with E-state index in [1.165, 1.54) is 77.0 Å². The van der Waals surface area contributed by atoms with E-state index in [2.05, 4.69) is 20.1 Å². The van der Waals surface area contributed by atoms with E-state index in [9.17, 15) is 0 Å². The van der Waals surface area contributed by atoms with E-state index in [0.29, 0.717) is 13.1 Å². The molecule has 8 heteroatoms. The molecule has 0 aromatic heterocycles. The van der Waals surface area contributed by atoms with Crippen LogP contribution in [0.15, 0.2) is 34.5 Å². The Morgan fingerprint density at radius 1 is 0.472 bits per heavy atom. The summed E-state index contributed by atoms with van der Waals surface area (Å²) in [5.41, 5.74) is 16.5. The molecule has 0 aliphatic rings. The van der Waals surface area contributed by atoms with Crippen molar-refractivity contribution in [2.45, 2.75) is 116 Å². The van der Waals surface area contributed by atoms with Crippen LogP contribution < -0.4 is 9.47 Å². The number of para-hydroxylation sites is 2. The molecule has 8 nitrogen and oxygen atoms in total. The number of unbranched alkanes of at least 4 members (excludes halogenated alkanes) is 16. The predicted molar refractivity (Wildman–Crippen MR) is 149 cm³/mol. The molecule has 1 rings (SSSR count). The lowest BCUT2D eigenvalue weighted by atomic mass is 10.1. The fraction of sp³-hybridized carbons (Fsp3) is 0.786. The number of rotatable bonds is 26. The second kappa shape index (κ2) is 25.5. The molecule has 0 N–H and O–H groups in total. The Hall–Kier alpha value is -2.56. The number of nitrogens with zero attached hydrogens (tertiary/aromatic N) is 6.